The van der Waals surface area contributed by atoms with Gasteiger partial charge in [-0.2, -0.15) is 0 Å². The predicted octanol–water partition coefficient (Wildman–Crippen LogP) is 1.41. The Labute approximate surface area is 168 Å². The summed E-state index contributed by atoms with van der Waals surface area (Å²) < 4.78 is 12.2. The van der Waals surface area contributed by atoms with E-state index < -0.39 is 0 Å². The molecule has 1 saturated heterocycles. The Morgan fingerprint density at radius 3 is 2.86 bits per heavy atom. The molecule has 3 aromatic heterocycles. The summed E-state index contributed by atoms with van der Waals surface area (Å²) in [5, 5.41) is 3.36. The maximum absolute atomic E-state index is 12.9. The molecule has 0 radical (unpaired) electrons. The largest absolute Gasteiger partial charge is 0.467 e. The van der Waals surface area contributed by atoms with Crippen LogP contribution in [-0.2, 0) is 11.3 Å². The molecule has 8 nitrogen and oxygen atoms in total. The van der Waals surface area contributed by atoms with Crippen LogP contribution in [0.4, 0.5) is 0 Å². The Kier molecular flexibility index (Phi) is 5.73. The Morgan fingerprint density at radius 2 is 2.10 bits per heavy atom. The third-order valence-corrected chi connectivity index (χ3v) is 5.11. The molecule has 0 atom stereocenters. The molecule has 8 heteroatoms. The zero-order chi connectivity index (χ0) is 20.2. The molecule has 0 bridgehead atoms. The van der Waals surface area contributed by atoms with Gasteiger partial charge in [0, 0.05) is 32.4 Å². The zero-order valence-electron chi connectivity index (χ0n) is 16.4. The number of hydrogen-bond acceptors (Lipinski definition) is 6. The molecule has 152 valence electrons. The summed E-state index contributed by atoms with van der Waals surface area (Å²) >= 11 is 0. The lowest BCUT2D eigenvalue weighted by molar-refractivity contribution is 0.0383. The molecule has 1 N–H and O–H groups in total. The number of nitrogens with zero attached hydrogens (tertiary/aromatic N) is 3. The van der Waals surface area contributed by atoms with Crippen molar-refractivity contribution in [3.63, 3.8) is 0 Å². The van der Waals surface area contributed by atoms with Gasteiger partial charge in [-0.05, 0) is 31.2 Å². The normalized spacial score (nSPS) is 14.9. The summed E-state index contributed by atoms with van der Waals surface area (Å²) in [5.74, 6) is 0.471. The lowest BCUT2D eigenvalue weighted by Gasteiger charge is -2.26. The van der Waals surface area contributed by atoms with E-state index in [0.717, 1.165) is 32.8 Å². The molecule has 0 unspecified atom stereocenters. The SMILES string of the molecule is Cc1nc2ccn(Cc3ccco3)c(=O)c2cc1C(=O)NCCN1CCOCC1. The number of amides is 1. The van der Waals surface area contributed by atoms with E-state index in [0.29, 0.717) is 41.0 Å². The van der Waals surface area contributed by atoms with Crippen molar-refractivity contribution < 1.29 is 13.9 Å². The van der Waals surface area contributed by atoms with Gasteiger partial charge in [0.05, 0.1) is 48.2 Å². The Bertz CT molecular complexity index is 1050. The van der Waals surface area contributed by atoms with Crippen molar-refractivity contribution in [3.8, 4) is 0 Å². The molecule has 1 amide bonds. The van der Waals surface area contributed by atoms with E-state index in [-0.39, 0.29) is 11.5 Å². The molecule has 4 heterocycles. The molecule has 1 fully saturated rings. The van der Waals surface area contributed by atoms with Crippen LogP contribution in [-0.4, -0.2) is 59.8 Å². The first-order chi connectivity index (χ1) is 14.1. The van der Waals surface area contributed by atoms with Crippen LogP contribution in [0.5, 0.6) is 0 Å². The van der Waals surface area contributed by atoms with Gasteiger partial charge in [-0.3, -0.25) is 19.5 Å². The van der Waals surface area contributed by atoms with E-state index in [4.69, 9.17) is 9.15 Å². The molecular weight excluding hydrogens is 372 g/mol. The molecule has 29 heavy (non-hydrogen) atoms. The van der Waals surface area contributed by atoms with Gasteiger partial charge >= 0.3 is 0 Å². The lowest BCUT2D eigenvalue weighted by atomic mass is 10.1. The van der Waals surface area contributed by atoms with Crippen LogP contribution in [0.2, 0.25) is 0 Å². The fourth-order valence-corrected chi connectivity index (χ4v) is 3.48. The van der Waals surface area contributed by atoms with Crippen molar-refractivity contribution in [1.29, 1.82) is 0 Å². The number of morpholine rings is 1. The minimum Gasteiger partial charge on any atom is -0.467 e. The van der Waals surface area contributed by atoms with Crippen LogP contribution < -0.4 is 10.9 Å². The third kappa shape index (κ3) is 4.38. The molecule has 0 saturated carbocycles. The van der Waals surface area contributed by atoms with Crippen LogP contribution in [0.3, 0.4) is 0 Å². The summed E-state index contributed by atoms with van der Waals surface area (Å²) in [5.41, 5.74) is 1.40. The third-order valence-electron chi connectivity index (χ3n) is 5.11. The minimum absolute atomic E-state index is 0.200. The number of aryl methyl sites for hydroxylation is 1. The predicted molar refractivity (Wildman–Crippen MR) is 108 cm³/mol. The van der Waals surface area contributed by atoms with Crippen LogP contribution in [0.1, 0.15) is 21.8 Å². The first-order valence-electron chi connectivity index (χ1n) is 9.73. The number of carbonyl (C=O) groups is 1. The molecule has 4 rings (SSSR count). The number of pyridine rings is 2. The average Bonchev–Trinajstić information content (AvgIpc) is 3.24. The summed E-state index contributed by atoms with van der Waals surface area (Å²) in [6.07, 6.45) is 3.27. The number of hydrogen-bond donors (Lipinski definition) is 1. The van der Waals surface area contributed by atoms with Gasteiger partial charge in [-0.25, -0.2) is 0 Å². The highest BCUT2D eigenvalue weighted by atomic mass is 16.5. The van der Waals surface area contributed by atoms with Gasteiger partial charge in [-0.15, -0.1) is 0 Å². The van der Waals surface area contributed by atoms with Gasteiger partial charge in [-0.1, -0.05) is 0 Å². The maximum Gasteiger partial charge on any atom is 0.260 e. The fraction of sp³-hybridized carbons (Fsp3) is 0.381. The van der Waals surface area contributed by atoms with Crippen LogP contribution >= 0.6 is 0 Å². The van der Waals surface area contributed by atoms with E-state index in [1.54, 1.807) is 42.1 Å². The van der Waals surface area contributed by atoms with Crippen molar-refractivity contribution in [2.24, 2.45) is 0 Å². The number of nitrogens with one attached hydrogen (secondary N) is 1. The molecule has 0 aliphatic carbocycles. The van der Waals surface area contributed by atoms with Gasteiger partial charge in [0.15, 0.2) is 0 Å². The second-order valence-electron chi connectivity index (χ2n) is 7.09. The van der Waals surface area contributed by atoms with Gasteiger partial charge in [0.1, 0.15) is 5.76 Å². The Hall–Kier alpha value is -2.97. The van der Waals surface area contributed by atoms with Crippen molar-refractivity contribution in [2.45, 2.75) is 13.5 Å². The summed E-state index contributed by atoms with van der Waals surface area (Å²) in [6, 6.07) is 7.03. The minimum atomic E-state index is -0.217. The zero-order valence-corrected chi connectivity index (χ0v) is 16.4. The molecule has 0 spiro atoms. The Morgan fingerprint density at radius 1 is 1.28 bits per heavy atom. The van der Waals surface area contributed by atoms with Crippen LogP contribution in [0.15, 0.2) is 45.9 Å². The summed E-state index contributed by atoms with van der Waals surface area (Å²) in [7, 11) is 0. The lowest BCUT2D eigenvalue weighted by Crippen LogP contribution is -2.41. The van der Waals surface area contributed by atoms with Crippen molar-refractivity contribution in [1.82, 2.24) is 19.8 Å². The highest BCUT2D eigenvalue weighted by molar-refractivity contribution is 5.98. The van der Waals surface area contributed by atoms with Crippen molar-refractivity contribution in [3.05, 3.63) is 64.1 Å². The molecule has 1 aliphatic heterocycles. The number of fused-ring (bicyclic) bond motifs is 1. The smallest absolute Gasteiger partial charge is 0.260 e. The monoisotopic (exact) mass is 396 g/mol. The van der Waals surface area contributed by atoms with E-state index in [9.17, 15) is 9.59 Å². The number of ether oxygens (including phenoxy) is 1. The number of aromatic nitrogens is 2. The summed E-state index contributed by atoms with van der Waals surface area (Å²) in [6.45, 7) is 6.63. The standard InChI is InChI=1S/C21H24N4O4/c1-15-17(20(26)22-5-7-24-8-11-28-12-9-24)13-18-19(23-15)4-6-25(21(18)27)14-16-3-2-10-29-16/h2-4,6,10,13H,5,7-9,11-12,14H2,1H3,(H,22,26). The molecule has 0 aromatic carbocycles. The first-order valence-corrected chi connectivity index (χ1v) is 9.73. The molecular formula is C21H24N4O4. The van der Waals surface area contributed by atoms with E-state index >= 15 is 0 Å². The van der Waals surface area contributed by atoms with Crippen LogP contribution in [0, 0.1) is 6.92 Å². The second kappa shape index (κ2) is 8.59. The maximum atomic E-state index is 12.9. The number of furan rings is 1. The number of rotatable bonds is 6. The summed E-state index contributed by atoms with van der Waals surface area (Å²) in [4.78, 5) is 32.3. The van der Waals surface area contributed by atoms with E-state index in [2.05, 4.69) is 15.2 Å². The molecule has 1 aliphatic rings. The Balaban J connectivity index is 1.52. The highest BCUT2D eigenvalue weighted by Gasteiger charge is 2.15. The topological polar surface area (TPSA) is 89.6 Å². The van der Waals surface area contributed by atoms with Gasteiger partial charge < -0.3 is 19.0 Å². The van der Waals surface area contributed by atoms with Crippen LogP contribution in [0.25, 0.3) is 10.9 Å². The van der Waals surface area contributed by atoms with Crippen molar-refractivity contribution in [2.75, 3.05) is 39.4 Å². The van der Waals surface area contributed by atoms with Crippen molar-refractivity contribution >= 4 is 16.8 Å². The highest BCUT2D eigenvalue weighted by Crippen LogP contribution is 2.14. The fourth-order valence-electron chi connectivity index (χ4n) is 3.48. The van der Waals surface area contributed by atoms with E-state index in [1.165, 1.54) is 0 Å². The molecule has 3 aromatic rings. The number of carbonyl (C=O) groups excluding carboxylic acids is 1. The van der Waals surface area contributed by atoms with E-state index in [1.807, 2.05) is 6.07 Å². The average molecular weight is 396 g/mol. The quantitative estimate of drug-likeness (QED) is 0.678. The second-order valence-corrected chi connectivity index (χ2v) is 7.09. The van der Waals surface area contributed by atoms with Gasteiger partial charge in [0.2, 0.25) is 0 Å². The first kappa shape index (κ1) is 19.4. The van der Waals surface area contributed by atoms with Gasteiger partial charge in [0.25, 0.3) is 11.5 Å².